The van der Waals surface area contributed by atoms with Crippen molar-refractivity contribution in [2.45, 2.75) is 26.9 Å². The van der Waals surface area contributed by atoms with Crippen molar-refractivity contribution >= 4 is 11.6 Å². The number of aromatic hydroxyl groups is 1. The lowest BCUT2D eigenvalue weighted by atomic mass is 10.1. The minimum Gasteiger partial charge on any atom is -0.508 e. The number of rotatable bonds is 4. The van der Waals surface area contributed by atoms with Gasteiger partial charge in [-0.1, -0.05) is 16.8 Å². The van der Waals surface area contributed by atoms with Gasteiger partial charge in [0, 0.05) is 29.2 Å². The lowest BCUT2D eigenvalue weighted by Crippen LogP contribution is -2.13. The molecule has 1 aromatic heterocycles. The van der Waals surface area contributed by atoms with Crippen molar-refractivity contribution in [3.05, 3.63) is 45.8 Å². The Morgan fingerprint density at radius 3 is 2.78 bits per heavy atom. The first-order chi connectivity index (χ1) is 8.58. The molecule has 0 amide bonds. The Hall–Kier alpha value is -1.52. The van der Waals surface area contributed by atoms with Gasteiger partial charge in [-0.15, -0.1) is 0 Å². The molecule has 0 unspecified atom stereocenters. The summed E-state index contributed by atoms with van der Waals surface area (Å²) in [4.78, 5) is 0. The van der Waals surface area contributed by atoms with Gasteiger partial charge in [0.25, 0.3) is 0 Å². The molecule has 2 N–H and O–H groups in total. The average Bonchev–Trinajstić information content (AvgIpc) is 2.65. The largest absolute Gasteiger partial charge is 0.508 e. The molecule has 18 heavy (non-hydrogen) atoms. The Bertz CT molecular complexity index is 532. The first-order valence-corrected chi connectivity index (χ1v) is 6.05. The van der Waals surface area contributed by atoms with E-state index in [0.717, 1.165) is 22.6 Å². The molecular formula is C13H15ClN2O2. The quantitative estimate of drug-likeness (QED) is 0.893. The second kappa shape index (κ2) is 5.42. The highest BCUT2D eigenvalue weighted by atomic mass is 35.5. The van der Waals surface area contributed by atoms with Gasteiger partial charge in [-0.25, -0.2) is 0 Å². The zero-order valence-electron chi connectivity index (χ0n) is 10.3. The van der Waals surface area contributed by atoms with Gasteiger partial charge in [-0.05, 0) is 32.0 Å². The first kappa shape index (κ1) is 12.9. The molecule has 0 saturated carbocycles. The predicted molar refractivity (Wildman–Crippen MR) is 69.6 cm³/mol. The Kier molecular flexibility index (Phi) is 3.89. The van der Waals surface area contributed by atoms with Crippen LogP contribution in [-0.4, -0.2) is 10.3 Å². The predicted octanol–water partition coefficient (Wildman–Crippen LogP) is 2.94. The summed E-state index contributed by atoms with van der Waals surface area (Å²) in [6, 6.07) is 5.00. The zero-order valence-corrected chi connectivity index (χ0v) is 11.1. The summed E-state index contributed by atoms with van der Waals surface area (Å²) in [6.07, 6.45) is 0. The summed E-state index contributed by atoms with van der Waals surface area (Å²) < 4.78 is 5.08. The van der Waals surface area contributed by atoms with Gasteiger partial charge in [0.15, 0.2) is 0 Å². The molecule has 0 atom stereocenters. The molecule has 5 heteroatoms. The molecule has 1 aromatic carbocycles. The van der Waals surface area contributed by atoms with E-state index in [2.05, 4.69) is 10.5 Å². The van der Waals surface area contributed by atoms with Gasteiger partial charge in [-0.2, -0.15) is 0 Å². The fourth-order valence-corrected chi connectivity index (χ4v) is 1.97. The van der Waals surface area contributed by atoms with Crippen molar-refractivity contribution in [2.75, 3.05) is 0 Å². The van der Waals surface area contributed by atoms with E-state index < -0.39 is 0 Å². The minimum absolute atomic E-state index is 0.241. The van der Waals surface area contributed by atoms with Crippen LogP contribution in [-0.2, 0) is 13.1 Å². The monoisotopic (exact) mass is 266 g/mol. The Morgan fingerprint density at radius 2 is 2.11 bits per heavy atom. The van der Waals surface area contributed by atoms with Crippen LogP contribution < -0.4 is 5.32 Å². The first-order valence-electron chi connectivity index (χ1n) is 5.68. The van der Waals surface area contributed by atoms with Gasteiger partial charge in [-0.3, -0.25) is 0 Å². The lowest BCUT2D eigenvalue weighted by Gasteiger charge is -2.07. The highest BCUT2D eigenvalue weighted by Crippen LogP contribution is 2.21. The number of aryl methyl sites for hydroxylation is 2. The number of nitrogens with one attached hydrogen (secondary N) is 1. The molecule has 0 saturated heterocycles. The van der Waals surface area contributed by atoms with Crippen molar-refractivity contribution in [3.63, 3.8) is 0 Å². The van der Waals surface area contributed by atoms with Crippen LogP contribution in [0, 0.1) is 13.8 Å². The maximum absolute atomic E-state index is 9.67. The van der Waals surface area contributed by atoms with E-state index in [0.29, 0.717) is 18.1 Å². The molecule has 96 valence electrons. The highest BCUT2D eigenvalue weighted by Gasteiger charge is 2.08. The van der Waals surface area contributed by atoms with Crippen LogP contribution in [0.15, 0.2) is 22.7 Å². The molecule has 0 aliphatic carbocycles. The van der Waals surface area contributed by atoms with E-state index >= 15 is 0 Å². The fraction of sp³-hybridized carbons (Fsp3) is 0.308. The Morgan fingerprint density at radius 1 is 1.33 bits per heavy atom. The lowest BCUT2D eigenvalue weighted by molar-refractivity contribution is 0.392. The maximum Gasteiger partial charge on any atom is 0.138 e. The van der Waals surface area contributed by atoms with Crippen molar-refractivity contribution < 1.29 is 9.63 Å². The van der Waals surface area contributed by atoms with E-state index in [1.807, 2.05) is 13.8 Å². The molecular weight excluding hydrogens is 252 g/mol. The van der Waals surface area contributed by atoms with E-state index in [9.17, 15) is 5.11 Å². The molecule has 0 bridgehead atoms. The third kappa shape index (κ3) is 2.83. The molecule has 0 fully saturated rings. The van der Waals surface area contributed by atoms with Crippen molar-refractivity contribution in [1.82, 2.24) is 10.5 Å². The maximum atomic E-state index is 9.67. The number of halogens is 1. The molecule has 0 radical (unpaired) electrons. The number of hydrogen-bond donors (Lipinski definition) is 2. The Labute approximate surface area is 111 Å². The van der Waals surface area contributed by atoms with Gasteiger partial charge >= 0.3 is 0 Å². The van der Waals surface area contributed by atoms with Crippen LogP contribution in [0.2, 0.25) is 5.02 Å². The highest BCUT2D eigenvalue weighted by molar-refractivity contribution is 6.30. The van der Waals surface area contributed by atoms with E-state index in [4.69, 9.17) is 16.1 Å². The van der Waals surface area contributed by atoms with E-state index in [1.54, 1.807) is 18.2 Å². The minimum atomic E-state index is 0.241. The third-order valence-electron chi connectivity index (χ3n) is 2.84. The van der Waals surface area contributed by atoms with Crippen LogP contribution in [0.4, 0.5) is 0 Å². The summed E-state index contributed by atoms with van der Waals surface area (Å²) >= 11 is 5.88. The second-order valence-electron chi connectivity index (χ2n) is 4.18. The van der Waals surface area contributed by atoms with Crippen LogP contribution in [0.3, 0.4) is 0 Å². The number of nitrogens with zero attached hydrogens (tertiary/aromatic N) is 1. The number of phenols is 1. The Balaban J connectivity index is 1.98. The molecule has 4 nitrogen and oxygen atoms in total. The van der Waals surface area contributed by atoms with Crippen molar-refractivity contribution in [3.8, 4) is 5.75 Å². The molecule has 2 rings (SSSR count). The molecule has 0 aliphatic heterocycles. The molecule has 0 aliphatic rings. The van der Waals surface area contributed by atoms with E-state index in [-0.39, 0.29) is 5.75 Å². The second-order valence-corrected chi connectivity index (χ2v) is 4.62. The zero-order chi connectivity index (χ0) is 13.1. The smallest absolute Gasteiger partial charge is 0.138 e. The van der Waals surface area contributed by atoms with Gasteiger partial charge < -0.3 is 14.9 Å². The number of aromatic nitrogens is 1. The molecule has 1 heterocycles. The number of phenolic OH excluding ortho intramolecular Hbond substituents is 1. The van der Waals surface area contributed by atoms with Gasteiger partial charge in [0.2, 0.25) is 0 Å². The van der Waals surface area contributed by atoms with Gasteiger partial charge in [0.1, 0.15) is 11.5 Å². The van der Waals surface area contributed by atoms with Crippen LogP contribution in [0.25, 0.3) is 0 Å². The molecule has 0 spiro atoms. The fourth-order valence-electron chi connectivity index (χ4n) is 1.77. The number of benzene rings is 1. The summed E-state index contributed by atoms with van der Waals surface area (Å²) in [5, 5.41) is 17.4. The van der Waals surface area contributed by atoms with Gasteiger partial charge in [0.05, 0.1) is 5.69 Å². The summed E-state index contributed by atoms with van der Waals surface area (Å²) in [5.74, 6) is 1.06. The third-order valence-corrected chi connectivity index (χ3v) is 3.08. The normalized spacial score (nSPS) is 10.8. The van der Waals surface area contributed by atoms with Crippen LogP contribution in [0.5, 0.6) is 5.75 Å². The van der Waals surface area contributed by atoms with Crippen LogP contribution >= 0.6 is 11.6 Å². The molecule has 2 aromatic rings. The van der Waals surface area contributed by atoms with Crippen molar-refractivity contribution in [1.29, 1.82) is 0 Å². The summed E-state index contributed by atoms with van der Waals surface area (Å²) in [7, 11) is 0. The SMILES string of the molecule is Cc1noc(C)c1CNCc1cc(Cl)ccc1O. The van der Waals surface area contributed by atoms with Crippen LogP contribution in [0.1, 0.15) is 22.6 Å². The topological polar surface area (TPSA) is 58.3 Å². The standard InChI is InChI=1S/C13H15ClN2O2/c1-8-12(9(2)18-16-8)7-15-6-10-5-11(14)3-4-13(10)17/h3-5,15,17H,6-7H2,1-2H3. The summed E-state index contributed by atoms with van der Waals surface area (Å²) in [6.45, 7) is 4.97. The van der Waals surface area contributed by atoms with E-state index in [1.165, 1.54) is 0 Å². The van der Waals surface area contributed by atoms with Crippen molar-refractivity contribution in [2.24, 2.45) is 0 Å². The number of hydrogen-bond acceptors (Lipinski definition) is 4. The average molecular weight is 267 g/mol. The summed E-state index contributed by atoms with van der Waals surface area (Å²) in [5.41, 5.74) is 2.71.